The van der Waals surface area contributed by atoms with Crippen LogP contribution < -0.4 is 5.32 Å². The minimum Gasteiger partial charge on any atom is -0.355 e. The highest BCUT2D eigenvalue weighted by Crippen LogP contribution is 2.22. The van der Waals surface area contributed by atoms with Gasteiger partial charge >= 0.3 is 0 Å². The molecule has 0 aliphatic rings. The van der Waals surface area contributed by atoms with Gasteiger partial charge in [-0.05, 0) is 6.42 Å². The zero-order chi connectivity index (χ0) is 12.7. The molecule has 0 spiro atoms. The summed E-state index contributed by atoms with van der Waals surface area (Å²) in [6.07, 6.45) is 6.41. The molecule has 0 atom stereocenters. The number of aromatic nitrogens is 2. The molecule has 1 heterocycles. The fraction of sp³-hybridized carbons (Fsp3) is 0.667. The van der Waals surface area contributed by atoms with Gasteiger partial charge in [-0.2, -0.15) is 0 Å². The van der Waals surface area contributed by atoms with Gasteiger partial charge in [-0.1, -0.05) is 20.8 Å². The minimum atomic E-state index is 0.121. The van der Waals surface area contributed by atoms with Gasteiger partial charge in [0.15, 0.2) is 0 Å². The lowest BCUT2D eigenvalue weighted by Gasteiger charge is -2.16. The maximum Gasteiger partial charge on any atom is 0.230 e. The summed E-state index contributed by atoms with van der Waals surface area (Å²) in [5, 5.41) is 2.92. The summed E-state index contributed by atoms with van der Waals surface area (Å²) in [7, 11) is 0. The molecule has 0 saturated carbocycles. The van der Waals surface area contributed by atoms with Gasteiger partial charge in [-0.25, -0.2) is 4.98 Å². The monoisotopic (exact) mass is 255 g/mol. The van der Waals surface area contributed by atoms with Crippen molar-refractivity contribution >= 4 is 17.7 Å². The van der Waals surface area contributed by atoms with E-state index in [4.69, 9.17) is 0 Å². The molecule has 0 radical (unpaired) electrons. The summed E-state index contributed by atoms with van der Waals surface area (Å²) in [6.45, 7) is 7.96. The molecule has 1 rings (SSSR count). The van der Waals surface area contributed by atoms with Gasteiger partial charge in [0.1, 0.15) is 0 Å². The third kappa shape index (κ3) is 7.05. The van der Waals surface area contributed by atoms with E-state index in [9.17, 15) is 4.79 Å². The Morgan fingerprint density at radius 3 is 2.82 bits per heavy atom. The van der Waals surface area contributed by atoms with Crippen LogP contribution in [0.3, 0.4) is 0 Å². The van der Waals surface area contributed by atoms with E-state index in [-0.39, 0.29) is 10.7 Å². The van der Waals surface area contributed by atoms with E-state index in [1.165, 1.54) is 0 Å². The SMILES string of the molecule is CC(C)(C)SCC(=O)NCCCn1ccnc1. The standard InChI is InChI=1S/C12H21N3OS/c1-12(2,3)17-9-11(16)14-5-4-7-15-8-6-13-10-15/h6,8,10H,4-5,7,9H2,1-3H3,(H,14,16). The molecule has 0 aliphatic carbocycles. The fourth-order valence-electron chi connectivity index (χ4n) is 1.24. The Labute approximate surface area is 107 Å². The molecule has 5 heteroatoms. The zero-order valence-corrected chi connectivity index (χ0v) is 11.6. The molecule has 1 aromatic rings. The number of imidazole rings is 1. The number of nitrogens with zero attached hydrogens (tertiary/aromatic N) is 2. The number of carbonyl (C=O) groups is 1. The minimum absolute atomic E-state index is 0.121. The Bertz CT molecular complexity index is 330. The Hall–Kier alpha value is -0.970. The van der Waals surface area contributed by atoms with Crippen LogP contribution in [0.2, 0.25) is 0 Å². The van der Waals surface area contributed by atoms with Crippen LogP contribution in [-0.2, 0) is 11.3 Å². The first kappa shape index (κ1) is 14.1. The summed E-state index contributed by atoms with van der Waals surface area (Å²) in [5.74, 6) is 0.657. The van der Waals surface area contributed by atoms with Crippen molar-refractivity contribution in [2.75, 3.05) is 12.3 Å². The first-order chi connectivity index (χ1) is 7.97. The third-order valence-corrected chi connectivity index (χ3v) is 3.38. The highest BCUT2D eigenvalue weighted by Gasteiger charge is 2.12. The van der Waals surface area contributed by atoms with E-state index in [2.05, 4.69) is 31.1 Å². The maximum atomic E-state index is 11.5. The van der Waals surface area contributed by atoms with Gasteiger partial charge in [-0.3, -0.25) is 4.79 Å². The first-order valence-corrected chi connectivity index (χ1v) is 6.82. The second kappa shape index (κ2) is 6.69. The van der Waals surface area contributed by atoms with Crippen molar-refractivity contribution in [3.05, 3.63) is 18.7 Å². The van der Waals surface area contributed by atoms with Gasteiger partial charge in [0.05, 0.1) is 12.1 Å². The van der Waals surface area contributed by atoms with Crippen LogP contribution in [0, 0.1) is 0 Å². The van der Waals surface area contributed by atoms with Crippen LogP contribution in [0.5, 0.6) is 0 Å². The van der Waals surface area contributed by atoms with Crippen molar-refractivity contribution in [1.82, 2.24) is 14.9 Å². The maximum absolute atomic E-state index is 11.5. The molecular formula is C12H21N3OS. The number of amides is 1. The summed E-state index contributed by atoms with van der Waals surface area (Å²) in [5.41, 5.74) is 0. The second-order valence-corrected chi connectivity index (χ2v) is 6.71. The normalized spacial score (nSPS) is 11.5. The fourth-order valence-corrected chi connectivity index (χ4v) is 1.91. The molecule has 1 N–H and O–H groups in total. The van der Waals surface area contributed by atoms with E-state index in [0.717, 1.165) is 19.5 Å². The Morgan fingerprint density at radius 1 is 1.47 bits per heavy atom. The number of hydrogen-bond donors (Lipinski definition) is 1. The zero-order valence-electron chi connectivity index (χ0n) is 10.8. The molecule has 17 heavy (non-hydrogen) atoms. The molecule has 0 aromatic carbocycles. The predicted octanol–water partition coefficient (Wildman–Crippen LogP) is 1.92. The molecule has 1 amide bonds. The van der Waals surface area contributed by atoms with Gasteiger partial charge in [-0.15, -0.1) is 11.8 Å². The van der Waals surface area contributed by atoms with Crippen molar-refractivity contribution in [2.45, 2.75) is 38.5 Å². The van der Waals surface area contributed by atoms with Crippen molar-refractivity contribution < 1.29 is 4.79 Å². The van der Waals surface area contributed by atoms with E-state index < -0.39 is 0 Å². The number of carbonyl (C=O) groups excluding carboxylic acids is 1. The average Bonchev–Trinajstić information content (AvgIpc) is 2.73. The van der Waals surface area contributed by atoms with Crippen LogP contribution in [-0.4, -0.2) is 32.5 Å². The second-order valence-electron chi connectivity index (χ2n) is 4.91. The number of nitrogens with one attached hydrogen (secondary N) is 1. The molecule has 1 aromatic heterocycles. The van der Waals surface area contributed by atoms with E-state index >= 15 is 0 Å². The molecule has 0 bridgehead atoms. The van der Waals surface area contributed by atoms with Gasteiger partial charge < -0.3 is 9.88 Å². The van der Waals surface area contributed by atoms with Crippen LogP contribution in [0.4, 0.5) is 0 Å². The number of hydrogen-bond acceptors (Lipinski definition) is 3. The van der Waals surface area contributed by atoms with E-state index in [1.807, 2.05) is 10.8 Å². The topological polar surface area (TPSA) is 46.9 Å². The largest absolute Gasteiger partial charge is 0.355 e. The number of aryl methyl sites for hydroxylation is 1. The molecule has 4 nitrogen and oxygen atoms in total. The third-order valence-electron chi connectivity index (χ3n) is 2.11. The highest BCUT2D eigenvalue weighted by atomic mass is 32.2. The van der Waals surface area contributed by atoms with E-state index in [0.29, 0.717) is 5.75 Å². The van der Waals surface area contributed by atoms with Gasteiger partial charge in [0, 0.05) is 30.2 Å². The lowest BCUT2D eigenvalue weighted by Crippen LogP contribution is -2.28. The van der Waals surface area contributed by atoms with Crippen molar-refractivity contribution in [3.63, 3.8) is 0 Å². The van der Waals surface area contributed by atoms with E-state index in [1.54, 1.807) is 24.3 Å². The Morgan fingerprint density at radius 2 is 2.24 bits per heavy atom. The van der Waals surface area contributed by atoms with Crippen LogP contribution in [0.1, 0.15) is 27.2 Å². The van der Waals surface area contributed by atoms with Gasteiger partial charge in [0.25, 0.3) is 0 Å². The first-order valence-electron chi connectivity index (χ1n) is 5.84. The van der Waals surface area contributed by atoms with Crippen molar-refractivity contribution in [2.24, 2.45) is 0 Å². The Kier molecular flexibility index (Phi) is 5.55. The van der Waals surface area contributed by atoms with Crippen LogP contribution in [0.15, 0.2) is 18.7 Å². The summed E-state index contributed by atoms with van der Waals surface area (Å²) >= 11 is 1.67. The number of thioether (sulfide) groups is 1. The molecule has 0 saturated heterocycles. The Balaban J connectivity index is 2.04. The average molecular weight is 255 g/mol. The molecule has 0 aliphatic heterocycles. The van der Waals surface area contributed by atoms with Crippen LogP contribution >= 0.6 is 11.8 Å². The molecule has 96 valence electrons. The number of rotatable bonds is 6. The predicted molar refractivity (Wildman–Crippen MR) is 72.1 cm³/mol. The smallest absolute Gasteiger partial charge is 0.230 e. The quantitative estimate of drug-likeness (QED) is 0.790. The van der Waals surface area contributed by atoms with Crippen molar-refractivity contribution in [1.29, 1.82) is 0 Å². The molecule has 0 fully saturated rings. The molecular weight excluding hydrogens is 234 g/mol. The summed E-state index contributed by atoms with van der Waals surface area (Å²) < 4.78 is 2.16. The molecule has 0 unspecified atom stereocenters. The van der Waals surface area contributed by atoms with Crippen LogP contribution in [0.25, 0.3) is 0 Å². The highest BCUT2D eigenvalue weighted by molar-refractivity contribution is 8.01. The lowest BCUT2D eigenvalue weighted by molar-refractivity contribution is -0.118. The van der Waals surface area contributed by atoms with Crippen molar-refractivity contribution in [3.8, 4) is 0 Å². The lowest BCUT2D eigenvalue weighted by atomic mass is 10.3. The van der Waals surface area contributed by atoms with Gasteiger partial charge in [0.2, 0.25) is 5.91 Å². The summed E-state index contributed by atoms with van der Waals surface area (Å²) in [6, 6.07) is 0. The summed E-state index contributed by atoms with van der Waals surface area (Å²) in [4.78, 5) is 15.5.